The Morgan fingerprint density at radius 2 is 2.40 bits per heavy atom. The molecule has 1 aromatic heterocycles. The SMILES string of the molecule is COc1cnn(C(C)C)c1C(=O)CCC1CCCNC1. The van der Waals surface area contributed by atoms with E-state index in [4.69, 9.17) is 4.74 Å². The highest BCUT2D eigenvalue weighted by molar-refractivity contribution is 5.97. The molecule has 1 aromatic rings. The van der Waals surface area contributed by atoms with Crippen LogP contribution in [0, 0.1) is 5.92 Å². The van der Waals surface area contributed by atoms with E-state index in [1.807, 2.05) is 13.8 Å². The summed E-state index contributed by atoms with van der Waals surface area (Å²) in [6, 6.07) is 0.161. The molecular formula is C15H25N3O2. The summed E-state index contributed by atoms with van der Waals surface area (Å²) in [5, 5.41) is 7.65. The number of aromatic nitrogens is 2. The van der Waals surface area contributed by atoms with E-state index in [9.17, 15) is 4.79 Å². The molecular weight excluding hydrogens is 254 g/mol. The molecule has 2 heterocycles. The molecule has 1 atom stereocenters. The second-order valence-corrected chi connectivity index (χ2v) is 5.77. The summed E-state index contributed by atoms with van der Waals surface area (Å²) >= 11 is 0. The van der Waals surface area contributed by atoms with E-state index in [1.54, 1.807) is 18.0 Å². The van der Waals surface area contributed by atoms with Gasteiger partial charge in [0.25, 0.3) is 0 Å². The second kappa shape index (κ2) is 6.88. The summed E-state index contributed by atoms with van der Waals surface area (Å²) in [4.78, 5) is 12.5. The molecule has 5 heteroatoms. The van der Waals surface area contributed by atoms with Gasteiger partial charge in [0.1, 0.15) is 5.69 Å². The van der Waals surface area contributed by atoms with Crippen molar-refractivity contribution in [3.05, 3.63) is 11.9 Å². The molecule has 1 unspecified atom stereocenters. The van der Waals surface area contributed by atoms with Gasteiger partial charge in [-0.05, 0) is 52.1 Å². The van der Waals surface area contributed by atoms with Crippen molar-refractivity contribution >= 4 is 5.78 Å². The normalized spacial score (nSPS) is 19.3. The molecule has 1 aliphatic rings. The maximum Gasteiger partial charge on any atom is 0.184 e. The molecule has 0 aliphatic carbocycles. The molecule has 1 N–H and O–H groups in total. The smallest absolute Gasteiger partial charge is 0.184 e. The number of ether oxygens (including phenoxy) is 1. The number of piperidine rings is 1. The van der Waals surface area contributed by atoms with Crippen molar-refractivity contribution in [1.82, 2.24) is 15.1 Å². The van der Waals surface area contributed by atoms with Crippen molar-refractivity contribution in [3.63, 3.8) is 0 Å². The Balaban J connectivity index is 2.02. The summed E-state index contributed by atoms with van der Waals surface area (Å²) in [5.74, 6) is 1.35. The molecule has 0 aromatic carbocycles. The van der Waals surface area contributed by atoms with Crippen molar-refractivity contribution in [2.45, 2.75) is 45.6 Å². The standard InChI is InChI=1S/C15H25N3O2/c1-11(2)18-15(14(20-3)10-17-18)13(19)7-6-12-5-4-8-16-9-12/h10-12,16H,4-9H2,1-3H3. The summed E-state index contributed by atoms with van der Waals surface area (Å²) in [6.07, 6.45) is 5.59. The zero-order valence-corrected chi connectivity index (χ0v) is 12.7. The van der Waals surface area contributed by atoms with Gasteiger partial charge in [0.2, 0.25) is 0 Å². The van der Waals surface area contributed by atoms with Crippen molar-refractivity contribution in [3.8, 4) is 5.75 Å². The third-order valence-corrected chi connectivity index (χ3v) is 3.91. The monoisotopic (exact) mass is 279 g/mol. The number of Topliss-reactive ketones (excluding diaryl/α,β-unsaturated/α-hetero) is 1. The third-order valence-electron chi connectivity index (χ3n) is 3.91. The van der Waals surface area contributed by atoms with E-state index in [-0.39, 0.29) is 11.8 Å². The van der Waals surface area contributed by atoms with Gasteiger partial charge in [-0.15, -0.1) is 0 Å². The van der Waals surface area contributed by atoms with Crippen LogP contribution in [0.2, 0.25) is 0 Å². The van der Waals surface area contributed by atoms with Gasteiger partial charge in [-0.2, -0.15) is 5.10 Å². The number of hydrogen-bond acceptors (Lipinski definition) is 4. The van der Waals surface area contributed by atoms with E-state index >= 15 is 0 Å². The molecule has 5 nitrogen and oxygen atoms in total. The predicted molar refractivity (Wildman–Crippen MR) is 78.3 cm³/mol. The number of carbonyl (C=O) groups excluding carboxylic acids is 1. The van der Waals surface area contributed by atoms with Crippen LogP contribution in [-0.4, -0.2) is 35.8 Å². The Bertz CT molecular complexity index is 448. The molecule has 0 spiro atoms. The molecule has 1 aliphatic heterocycles. The summed E-state index contributed by atoms with van der Waals surface area (Å²) in [6.45, 7) is 6.19. The number of nitrogens with one attached hydrogen (secondary N) is 1. The first-order valence-electron chi connectivity index (χ1n) is 7.49. The minimum Gasteiger partial charge on any atom is -0.493 e. The van der Waals surface area contributed by atoms with Gasteiger partial charge in [-0.3, -0.25) is 9.48 Å². The van der Waals surface area contributed by atoms with Crippen LogP contribution in [0.5, 0.6) is 5.75 Å². The average molecular weight is 279 g/mol. The van der Waals surface area contributed by atoms with Gasteiger partial charge in [0, 0.05) is 12.5 Å². The highest BCUT2D eigenvalue weighted by atomic mass is 16.5. The van der Waals surface area contributed by atoms with Crippen LogP contribution in [0.25, 0.3) is 0 Å². The Morgan fingerprint density at radius 1 is 1.60 bits per heavy atom. The van der Waals surface area contributed by atoms with Crippen LogP contribution < -0.4 is 10.1 Å². The summed E-state index contributed by atoms with van der Waals surface area (Å²) in [7, 11) is 1.59. The van der Waals surface area contributed by atoms with Crippen molar-refractivity contribution < 1.29 is 9.53 Å². The van der Waals surface area contributed by atoms with Gasteiger partial charge in [-0.1, -0.05) is 0 Å². The highest BCUT2D eigenvalue weighted by Crippen LogP contribution is 2.24. The van der Waals surface area contributed by atoms with Crippen LogP contribution in [0.1, 0.15) is 56.1 Å². The van der Waals surface area contributed by atoms with E-state index in [0.29, 0.717) is 23.8 Å². The Labute approximate surface area is 120 Å². The Morgan fingerprint density at radius 3 is 3.00 bits per heavy atom. The maximum absolute atomic E-state index is 12.5. The van der Waals surface area contributed by atoms with E-state index < -0.39 is 0 Å². The first-order valence-corrected chi connectivity index (χ1v) is 7.49. The van der Waals surface area contributed by atoms with E-state index in [0.717, 1.165) is 19.5 Å². The summed E-state index contributed by atoms with van der Waals surface area (Å²) in [5.41, 5.74) is 0.617. The molecule has 2 rings (SSSR count). The van der Waals surface area contributed by atoms with Crippen LogP contribution in [0.15, 0.2) is 6.20 Å². The van der Waals surface area contributed by atoms with Gasteiger partial charge in [0.05, 0.1) is 13.3 Å². The predicted octanol–water partition coefficient (Wildman–Crippen LogP) is 2.44. The lowest BCUT2D eigenvalue weighted by molar-refractivity contribution is 0.0956. The zero-order chi connectivity index (χ0) is 14.5. The Hall–Kier alpha value is -1.36. The van der Waals surface area contributed by atoms with Crippen molar-refractivity contribution in [2.24, 2.45) is 5.92 Å². The van der Waals surface area contributed by atoms with Crippen molar-refractivity contribution in [1.29, 1.82) is 0 Å². The molecule has 1 saturated heterocycles. The largest absolute Gasteiger partial charge is 0.493 e. The fraction of sp³-hybridized carbons (Fsp3) is 0.733. The molecule has 0 amide bonds. The highest BCUT2D eigenvalue weighted by Gasteiger charge is 2.22. The minimum absolute atomic E-state index is 0.138. The third kappa shape index (κ3) is 3.39. The minimum atomic E-state index is 0.138. The number of methoxy groups -OCH3 is 1. The van der Waals surface area contributed by atoms with Gasteiger partial charge >= 0.3 is 0 Å². The first-order chi connectivity index (χ1) is 9.63. The van der Waals surface area contributed by atoms with Crippen LogP contribution >= 0.6 is 0 Å². The van der Waals surface area contributed by atoms with E-state index in [1.165, 1.54) is 12.8 Å². The molecule has 0 radical (unpaired) electrons. The maximum atomic E-state index is 12.5. The fourth-order valence-corrected chi connectivity index (χ4v) is 2.78. The van der Waals surface area contributed by atoms with Crippen molar-refractivity contribution in [2.75, 3.05) is 20.2 Å². The number of nitrogens with zero attached hydrogens (tertiary/aromatic N) is 2. The molecule has 0 saturated carbocycles. The quantitative estimate of drug-likeness (QED) is 0.813. The lowest BCUT2D eigenvalue weighted by Crippen LogP contribution is -2.30. The molecule has 0 bridgehead atoms. The fourth-order valence-electron chi connectivity index (χ4n) is 2.78. The second-order valence-electron chi connectivity index (χ2n) is 5.77. The average Bonchev–Trinajstić information content (AvgIpc) is 2.90. The topological polar surface area (TPSA) is 56.2 Å². The molecule has 20 heavy (non-hydrogen) atoms. The molecule has 1 fully saturated rings. The van der Waals surface area contributed by atoms with Gasteiger partial charge in [0.15, 0.2) is 11.5 Å². The lowest BCUT2D eigenvalue weighted by Gasteiger charge is -2.22. The van der Waals surface area contributed by atoms with Crippen LogP contribution in [0.4, 0.5) is 0 Å². The van der Waals surface area contributed by atoms with Crippen LogP contribution in [-0.2, 0) is 0 Å². The first kappa shape index (κ1) is 15.0. The van der Waals surface area contributed by atoms with E-state index in [2.05, 4.69) is 10.4 Å². The molecule has 112 valence electrons. The number of carbonyl (C=O) groups is 1. The van der Waals surface area contributed by atoms with Crippen LogP contribution in [0.3, 0.4) is 0 Å². The zero-order valence-electron chi connectivity index (χ0n) is 12.7. The van der Waals surface area contributed by atoms with Gasteiger partial charge < -0.3 is 10.1 Å². The van der Waals surface area contributed by atoms with Gasteiger partial charge in [-0.25, -0.2) is 0 Å². The number of rotatable bonds is 6. The number of ketones is 1. The number of hydrogen-bond donors (Lipinski definition) is 1. The summed E-state index contributed by atoms with van der Waals surface area (Å²) < 4.78 is 7.04. The lowest BCUT2D eigenvalue weighted by atomic mass is 9.93. The Kier molecular flexibility index (Phi) is 5.17.